The fourth-order valence-corrected chi connectivity index (χ4v) is 4.06. The summed E-state index contributed by atoms with van der Waals surface area (Å²) in [6, 6.07) is 0. The summed E-state index contributed by atoms with van der Waals surface area (Å²) in [5.41, 5.74) is 0.0768. The van der Waals surface area contributed by atoms with Crippen LogP contribution < -0.4 is 0 Å². The molecular formula is C16H24ClN5O2. The average molecular weight is 354 g/mol. The molecule has 1 aromatic rings. The maximum atomic E-state index is 12.6. The molecule has 2 aliphatic heterocycles. The van der Waals surface area contributed by atoms with Crippen molar-refractivity contribution in [2.75, 3.05) is 26.2 Å². The van der Waals surface area contributed by atoms with Crippen molar-refractivity contribution in [3.8, 4) is 0 Å². The van der Waals surface area contributed by atoms with Crippen molar-refractivity contribution >= 4 is 23.4 Å². The van der Waals surface area contributed by atoms with Gasteiger partial charge in [-0.3, -0.25) is 14.7 Å². The van der Waals surface area contributed by atoms with Crippen LogP contribution >= 0.6 is 11.6 Å². The van der Waals surface area contributed by atoms with E-state index in [9.17, 15) is 9.59 Å². The van der Waals surface area contributed by atoms with Crippen LogP contribution in [0.15, 0.2) is 0 Å². The van der Waals surface area contributed by atoms with E-state index in [2.05, 4.69) is 15.2 Å². The Morgan fingerprint density at radius 1 is 1.38 bits per heavy atom. The number of amides is 2. The first-order valence-electron chi connectivity index (χ1n) is 8.64. The van der Waals surface area contributed by atoms with Gasteiger partial charge in [0.05, 0.1) is 0 Å². The van der Waals surface area contributed by atoms with Crippen LogP contribution in [0.1, 0.15) is 44.9 Å². The lowest BCUT2D eigenvalue weighted by molar-refractivity contribution is -0.142. The highest BCUT2D eigenvalue weighted by Gasteiger charge is 2.42. The fourth-order valence-electron chi connectivity index (χ4n) is 3.91. The van der Waals surface area contributed by atoms with Gasteiger partial charge in [-0.1, -0.05) is 0 Å². The van der Waals surface area contributed by atoms with E-state index in [0.29, 0.717) is 25.1 Å². The van der Waals surface area contributed by atoms with Crippen LogP contribution in [0.5, 0.6) is 0 Å². The van der Waals surface area contributed by atoms with E-state index in [0.717, 1.165) is 45.4 Å². The first kappa shape index (κ1) is 17.2. The molecule has 132 valence electrons. The number of carbonyl (C=O) groups is 2. The molecule has 1 atom stereocenters. The smallest absolute Gasteiger partial charge is 0.242 e. The number of aromatic nitrogens is 3. The highest BCUT2D eigenvalue weighted by Crippen LogP contribution is 2.38. The Kier molecular flexibility index (Phi) is 5.08. The number of nitrogens with one attached hydrogen (secondary N) is 1. The molecule has 24 heavy (non-hydrogen) atoms. The van der Waals surface area contributed by atoms with Crippen LogP contribution in [-0.2, 0) is 16.0 Å². The van der Waals surface area contributed by atoms with Gasteiger partial charge in [-0.05, 0) is 37.8 Å². The largest absolute Gasteiger partial charge is 0.342 e. The van der Waals surface area contributed by atoms with Crippen LogP contribution in [0.4, 0.5) is 0 Å². The second-order valence-electron chi connectivity index (χ2n) is 6.88. The zero-order valence-corrected chi connectivity index (χ0v) is 14.8. The summed E-state index contributed by atoms with van der Waals surface area (Å²) >= 11 is 5.68. The highest BCUT2D eigenvalue weighted by molar-refractivity contribution is 6.28. The third-order valence-electron chi connectivity index (χ3n) is 5.22. The van der Waals surface area contributed by atoms with Crippen LogP contribution in [0, 0.1) is 5.41 Å². The second-order valence-corrected chi connectivity index (χ2v) is 7.22. The molecular weight excluding hydrogens is 330 g/mol. The van der Waals surface area contributed by atoms with E-state index in [4.69, 9.17) is 11.6 Å². The Morgan fingerprint density at radius 2 is 2.21 bits per heavy atom. The minimum Gasteiger partial charge on any atom is -0.342 e. The van der Waals surface area contributed by atoms with Gasteiger partial charge < -0.3 is 9.80 Å². The predicted molar refractivity (Wildman–Crippen MR) is 89.4 cm³/mol. The fraction of sp³-hybridized carbons (Fsp3) is 0.750. The van der Waals surface area contributed by atoms with Crippen molar-refractivity contribution in [3.63, 3.8) is 0 Å². The van der Waals surface area contributed by atoms with Crippen LogP contribution in [-0.4, -0.2) is 63.0 Å². The van der Waals surface area contributed by atoms with Gasteiger partial charge in [-0.15, -0.1) is 5.10 Å². The SMILES string of the molecule is CCN1C[C@]2(CCCN(C(=O)CCc3nc(Cl)n[nH]3)C2)CCC1=O. The number of hydrogen-bond acceptors (Lipinski definition) is 4. The number of rotatable bonds is 4. The van der Waals surface area contributed by atoms with Crippen LogP contribution in [0.2, 0.25) is 5.28 Å². The molecule has 1 spiro atoms. The average Bonchev–Trinajstić information content (AvgIpc) is 3.01. The molecule has 2 fully saturated rings. The molecule has 0 aromatic carbocycles. The maximum Gasteiger partial charge on any atom is 0.242 e. The summed E-state index contributed by atoms with van der Waals surface area (Å²) < 4.78 is 0. The molecule has 3 heterocycles. The molecule has 0 bridgehead atoms. The number of likely N-dealkylation sites (tertiary alicyclic amines) is 2. The number of aryl methyl sites for hydroxylation is 1. The molecule has 2 aliphatic rings. The molecule has 2 amide bonds. The van der Waals surface area contributed by atoms with E-state index >= 15 is 0 Å². The Bertz CT molecular complexity index is 619. The Labute approximate surface area is 146 Å². The zero-order chi connectivity index (χ0) is 17.2. The Hall–Kier alpha value is -1.63. The van der Waals surface area contributed by atoms with E-state index in [1.807, 2.05) is 16.7 Å². The molecule has 7 nitrogen and oxygen atoms in total. The van der Waals surface area contributed by atoms with Crippen molar-refractivity contribution < 1.29 is 9.59 Å². The van der Waals surface area contributed by atoms with Crippen molar-refractivity contribution in [1.82, 2.24) is 25.0 Å². The molecule has 3 rings (SSSR count). The van der Waals surface area contributed by atoms with Crippen molar-refractivity contribution in [3.05, 3.63) is 11.1 Å². The molecule has 8 heteroatoms. The van der Waals surface area contributed by atoms with Gasteiger partial charge in [0.25, 0.3) is 0 Å². The van der Waals surface area contributed by atoms with E-state index in [1.165, 1.54) is 0 Å². The van der Waals surface area contributed by atoms with Gasteiger partial charge >= 0.3 is 0 Å². The Balaban J connectivity index is 1.58. The van der Waals surface area contributed by atoms with Gasteiger partial charge in [-0.25, -0.2) is 4.98 Å². The van der Waals surface area contributed by atoms with Gasteiger partial charge in [0.15, 0.2) is 0 Å². The van der Waals surface area contributed by atoms with Gasteiger partial charge in [0.2, 0.25) is 17.1 Å². The summed E-state index contributed by atoms with van der Waals surface area (Å²) in [5, 5.41) is 6.68. The number of piperidine rings is 2. The molecule has 0 saturated carbocycles. The number of carbonyl (C=O) groups excluding carboxylic acids is 2. The predicted octanol–water partition coefficient (Wildman–Crippen LogP) is 1.64. The minimum absolute atomic E-state index is 0.0768. The minimum atomic E-state index is 0.0768. The third kappa shape index (κ3) is 3.71. The molecule has 1 N–H and O–H groups in total. The van der Waals surface area contributed by atoms with Crippen molar-refractivity contribution in [2.45, 2.75) is 45.4 Å². The standard InChI is InChI=1S/C16H24ClN5O2/c1-2-21-10-16(8-6-14(21)24)7-3-9-22(11-16)13(23)5-4-12-18-15(17)20-19-12/h2-11H2,1H3,(H,18,19,20)/t16-/m0/s1. The third-order valence-corrected chi connectivity index (χ3v) is 5.39. The van der Waals surface area contributed by atoms with E-state index in [-0.39, 0.29) is 22.5 Å². The van der Waals surface area contributed by atoms with Crippen molar-refractivity contribution in [1.29, 1.82) is 0 Å². The summed E-state index contributed by atoms with van der Waals surface area (Å²) in [7, 11) is 0. The molecule has 0 unspecified atom stereocenters. The lowest BCUT2D eigenvalue weighted by atomic mass is 9.73. The molecule has 2 saturated heterocycles. The van der Waals surface area contributed by atoms with Gasteiger partial charge in [-0.2, -0.15) is 0 Å². The number of aromatic amines is 1. The van der Waals surface area contributed by atoms with E-state index < -0.39 is 0 Å². The van der Waals surface area contributed by atoms with Crippen molar-refractivity contribution in [2.24, 2.45) is 5.41 Å². The number of H-pyrrole nitrogens is 1. The summed E-state index contributed by atoms with van der Waals surface area (Å²) in [6.45, 7) is 5.11. The van der Waals surface area contributed by atoms with Crippen LogP contribution in [0.25, 0.3) is 0 Å². The number of halogens is 1. The zero-order valence-electron chi connectivity index (χ0n) is 14.1. The van der Waals surface area contributed by atoms with Gasteiger partial charge in [0.1, 0.15) is 5.82 Å². The second kappa shape index (κ2) is 7.09. The first-order valence-corrected chi connectivity index (χ1v) is 9.01. The lowest BCUT2D eigenvalue weighted by Gasteiger charge is -2.48. The maximum absolute atomic E-state index is 12.6. The normalized spacial score (nSPS) is 24.7. The lowest BCUT2D eigenvalue weighted by Crippen LogP contribution is -2.55. The van der Waals surface area contributed by atoms with E-state index in [1.54, 1.807) is 0 Å². The quantitative estimate of drug-likeness (QED) is 0.892. The summed E-state index contributed by atoms with van der Waals surface area (Å²) in [6.07, 6.45) is 4.51. The van der Waals surface area contributed by atoms with Gasteiger partial charge in [0, 0.05) is 50.9 Å². The Morgan fingerprint density at radius 3 is 2.92 bits per heavy atom. The number of nitrogens with zero attached hydrogens (tertiary/aromatic N) is 4. The topological polar surface area (TPSA) is 82.2 Å². The highest BCUT2D eigenvalue weighted by atomic mass is 35.5. The summed E-state index contributed by atoms with van der Waals surface area (Å²) in [5.74, 6) is 1.02. The summed E-state index contributed by atoms with van der Waals surface area (Å²) in [4.78, 5) is 32.4. The molecule has 0 radical (unpaired) electrons. The first-order chi connectivity index (χ1) is 11.5. The molecule has 1 aromatic heterocycles. The molecule has 0 aliphatic carbocycles. The number of hydrogen-bond donors (Lipinski definition) is 1. The monoisotopic (exact) mass is 353 g/mol. The van der Waals surface area contributed by atoms with Crippen LogP contribution in [0.3, 0.4) is 0 Å².